The normalized spacial score (nSPS) is 18.3. The van der Waals surface area contributed by atoms with Gasteiger partial charge < -0.3 is 24.4 Å². The standard InChI is InChI=1S/C21H32N2O5/c1-21(2,3)28-20(25)23-13-8-11-17(15-23)18(16-9-6-5-7-10-16)27-14-12-22-19(24)26-4/h5-7,9-10,17-18H,8,11-15H2,1-4H3,(H,22,24). The molecule has 7 nitrogen and oxygen atoms in total. The van der Waals surface area contributed by atoms with Crippen LogP contribution in [-0.4, -0.2) is 56.0 Å². The first-order valence-corrected chi connectivity index (χ1v) is 9.76. The van der Waals surface area contributed by atoms with Gasteiger partial charge in [0.2, 0.25) is 0 Å². The van der Waals surface area contributed by atoms with Crippen LogP contribution >= 0.6 is 0 Å². The van der Waals surface area contributed by atoms with Gasteiger partial charge in [-0.1, -0.05) is 30.3 Å². The highest BCUT2D eigenvalue weighted by Crippen LogP contribution is 2.33. The molecule has 1 aliphatic rings. The molecule has 2 amide bonds. The van der Waals surface area contributed by atoms with Crippen molar-refractivity contribution < 1.29 is 23.8 Å². The van der Waals surface area contributed by atoms with Crippen LogP contribution < -0.4 is 5.32 Å². The fraction of sp³-hybridized carbons (Fsp3) is 0.619. The molecule has 28 heavy (non-hydrogen) atoms. The van der Waals surface area contributed by atoms with Crippen molar-refractivity contribution in [1.29, 1.82) is 0 Å². The minimum atomic E-state index is -0.515. The van der Waals surface area contributed by atoms with Gasteiger partial charge in [-0.05, 0) is 39.2 Å². The second-order valence-electron chi connectivity index (χ2n) is 7.95. The lowest BCUT2D eigenvalue weighted by atomic mass is 9.88. The van der Waals surface area contributed by atoms with Gasteiger partial charge in [0.15, 0.2) is 0 Å². The molecule has 0 saturated carbocycles. The van der Waals surface area contributed by atoms with Crippen molar-refractivity contribution in [3.63, 3.8) is 0 Å². The summed E-state index contributed by atoms with van der Waals surface area (Å²) in [6.07, 6.45) is 0.941. The number of nitrogens with zero attached hydrogens (tertiary/aromatic N) is 1. The number of amides is 2. The Morgan fingerprint density at radius 2 is 1.96 bits per heavy atom. The van der Waals surface area contributed by atoms with E-state index in [0.29, 0.717) is 26.2 Å². The Morgan fingerprint density at radius 1 is 1.25 bits per heavy atom. The van der Waals surface area contributed by atoms with E-state index in [1.165, 1.54) is 7.11 Å². The summed E-state index contributed by atoms with van der Waals surface area (Å²) < 4.78 is 16.3. The third-order valence-electron chi connectivity index (χ3n) is 4.52. The van der Waals surface area contributed by atoms with Crippen LogP contribution in [0.5, 0.6) is 0 Å². The lowest BCUT2D eigenvalue weighted by Gasteiger charge is -2.37. The van der Waals surface area contributed by atoms with E-state index in [1.54, 1.807) is 4.90 Å². The Bertz CT molecular complexity index is 629. The molecule has 0 bridgehead atoms. The molecule has 0 radical (unpaired) electrons. The van der Waals surface area contributed by atoms with Crippen molar-refractivity contribution in [2.24, 2.45) is 5.92 Å². The number of carbonyl (C=O) groups is 2. The molecule has 0 aliphatic carbocycles. The van der Waals surface area contributed by atoms with E-state index in [2.05, 4.69) is 10.1 Å². The molecule has 1 saturated heterocycles. The molecule has 1 heterocycles. The minimum Gasteiger partial charge on any atom is -0.453 e. The van der Waals surface area contributed by atoms with Gasteiger partial charge in [-0.2, -0.15) is 0 Å². The second kappa shape index (κ2) is 10.3. The molecule has 2 rings (SSSR count). The van der Waals surface area contributed by atoms with Crippen LogP contribution in [0.4, 0.5) is 9.59 Å². The number of carbonyl (C=O) groups excluding carboxylic acids is 2. The first-order chi connectivity index (χ1) is 13.3. The highest BCUT2D eigenvalue weighted by atomic mass is 16.6. The monoisotopic (exact) mass is 392 g/mol. The zero-order valence-electron chi connectivity index (χ0n) is 17.3. The molecular formula is C21H32N2O5. The fourth-order valence-electron chi connectivity index (χ4n) is 3.31. The molecule has 0 spiro atoms. The van der Waals surface area contributed by atoms with Crippen molar-refractivity contribution in [3.8, 4) is 0 Å². The summed E-state index contributed by atoms with van der Waals surface area (Å²) in [7, 11) is 1.33. The van der Waals surface area contributed by atoms with Crippen molar-refractivity contribution in [2.75, 3.05) is 33.4 Å². The number of likely N-dealkylation sites (tertiary alicyclic amines) is 1. The zero-order chi connectivity index (χ0) is 20.6. The fourth-order valence-corrected chi connectivity index (χ4v) is 3.31. The summed E-state index contributed by atoms with van der Waals surface area (Å²) in [6.45, 7) is 7.61. The van der Waals surface area contributed by atoms with Crippen LogP contribution in [0, 0.1) is 5.92 Å². The number of rotatable bonds is 6. The molecule has 1 aliphatic heterocycles. The summed E-state index contributed by atoms with van der Waals surface area (Å²) in [5.74, 6) is 0.154. The summed E-state index contributed by atoms with van der Waals surface area (Å²) in [6, 6.07) is 9.99. The van der Waals surface area contributed by atoms with Gasteiger partial charge in [0.1, 0.15) is 5.60 Å². The van der Waals surface area contributed by atoms with Crippen molar-refractivity contribution >= 4 is 12.2 Å². The van der Waals surface area contributed by atoms with Crippen LogP contribution in [0.15, 0.2) is 30.3 Å². The Kier molecular flexibility index (Phi) is 8.11. The van der Waals surface area contributed by atoms with Crippen molar-refractivity contribution in [3.05, 3.63) is 35.9 Å². The predicted molar refractivity (Wildman–Crippen MR) is 106 cm³/mol. The molecule has 156 valence electrons. The molecule has 7 heteroatoms. The molecule has 1 aromatic carbocycles. The average molecular weight is 392 g/mol. The number of piperidine rings is 1. The average Bonchev–Trinajstić information content (AvgIpc) is 2.67. The molecule has 1 fully saturated rings. The number of hydrogen-bond donors (Lipinski definition) is 1. The third-order valence-corrected chi connectivity index (χ3v) is 4.52. The highest BCUT2D eigenvalue weighted by Gasteiger charge is 2.33. The van der Waals surface area contributed by atoms with Crippen molar-refractivity contribution in [2.45, 2.75) is 45.3 Å². The van der Waals surface area contributed by atoms with Crippen LogP contribution in [0.2, 0.25) is 0 Å². The number of hydrogen-bond acceptors (Lipinski definition) is 5. The first-order valence-electron chi connectivity index (χ1n) is 9.76. The van der Waals surface area contributed by atoms with Gasteiger partial charge in [0, 0.05) is 25.6 Å². The van der Waals surface area contributed by atoms with Gasteiger partial charge in [0.25, 0.3) is 0 Å². The van der Waals surface area contributed by atoms with Gasteiger partial charge in [-0.15, -0.1) is 0 Å². The van der Waals surface area contributed by atoms with Gasteiger partial charge >= 0.3 is 12.2 Å². The lowest BCUT2D eigenvalue weighted by Crippen LogP contribution is -2.44. The number of methoxy groups -OCH3 is 1. The molecular weight excluding hydrogens is 360 g/mol. The van der Waals surface area contributed by atoms with Crippen LogP contribution in [0.25, 0.3) is 0 Å². The third kappa shape index (κ3) is 7.03. The van der Waals surface area contributed by atoms with E-state index in [0.717, 1.165) is 18.4 Å². The highest BCUT2D eigenvalue weighted by molar-refractivity contribution is 5.68. The van der Waals surface area contributed by atoms with Crippen molar-refractivity contribution in [1.82, 2.24) is 10.2 Å². The number of benzene rings is 1. The Labute approximate surface area is 167 Å². The summed E-state index contributed by atoms with van der Waals surface area (Å²) >= 11 is 0. The molecule has 0 aromatic heterocycles. The Balaban J connectivity index is 2.03. The Morgan fingerprint density at radius 3 is 2.61 bits per heavy atom. The van der Waals surface area contributed by atoms with Gasteiger partial charge in [0.05, 0.1) is 19.8 Å². The van der Waals surface area contributed by atoms with Gasteiger partial charge in [-0.3, -0.25) is 0 Å². The molecule has 2 unspecified atom stereocenters. The smallest absolute Gasteiger partial charge is 0.410 e. The van der Waals surface area contributed by atoms with E-state index in [4.69, 9.17) is 9.47 Å². The predicted octanol–water partition coefficient (Wildman–Crippen LogP) is 3.75. The summed E-state index contributed by atoms with van der Waals surface area (Å²) in [5.41, 5.74) is 0.551. The minimum absolute atomic E-state index is 0.154. The van der Waals surface area contributed by atoms with Gasteiger partial charge in [-0.25, -0.2) is 9.59 Å². The van der Waals surface area contributed by atoms with Crippen LogP contribution in [0.3, 0.4) is 0 Å². The zero-order valence-corrected chi connectivity index (χ0v) is 17.3. The molecule has 1 aromatic rings. The molecule has 1 N–H and O–H groups in total. The van der Waals surface area contributed by atoms with E-state index < -0.39 is 11.7 Å². The number of alkyl carbamates (subject to hydrolysis) is 1. The largest absolute Gasteiger partial charge is 0.453 e. The second-order valence-corrected chi connectivity index (χ2v) is 7.95. The lowest BCUT2D eigenvalue weighted by molar-refractivity contribution is -0.0245. The maximum absolute atomic E-state index is 12.5. The summed E-state index contributed by atoms with van der Waals surface area (Å²) in [5, 5.41) is 2.62. The van der Waals surface area contributed by atoms with Crippen LogP contribution in [0.1, 0.15) is 45.3 Å². The number of ether oxygens (including phenoxy) is 3. The topological polar surface area (TPSA) is 77.1 Å². The molecule has 2 atom stereocenters. The van der Waals surface area contributed by atoms with Crippen LogP contribution in [-0.2, 0) is 14.2 Å². The maximum Gasteiger partial charge on any atom is 0.410 e. The van der Waals surface area contributed by atoms with E-state index in [9.17, 15) is 9.59 Å². The van der Waals surface area contributed by atoms with E-state index in [1.807, 2.05) is 51.1 Å². The SMILES string of the molecule is COC(=O)NCCOC(c1ccccc1)C1CCCN(C(=O)OC(C)(C)C)C1. The number of nitrogens with one attached hydrogen (secondary N) is 1. The maximum atomic E-state index is 12.5. The first kappa shape index (κ1) is 22.0. The van der Waals surface area contributed by atoms with E-state index in [-0.39, 0.29) is 18.1 Å². The Hall–Kier alpha value is -2.28. The van der Waals surface area contributed by atoms with E-state index >= 15 is 0 Å². The summed E-state index contributed by atoms with van der Waals surface area (Å²) in [4.78, 5) is 25.5. The quantitative estimate of drug-likeness (QED) is 0.746.